The van der Waals surface area contributed by atoms with Crippen LogP contribution in [0.5, 0.6) is 0 Å². The van der Waals surface area contributed by atoms with Gasteiger partial charge in [0, 0.05) is 10.3 Å². The second-order valence-electron chi connectivity index (χ2n) is 13.5. The van der Waals surface area contributed by atoms with E-state index in [-0.39, 0.29) is 5.78 Å². The van der Waals surface area contributed by atoms with Crippen LogP contribution in [0.25, 0.3) is 0 Å². The minimum Gasteiger partial charge on any atom is -0.451 e. The lowest BCUT2D eigenvalue weighted by Crippen LogP contribution is -2.76. The maximum absolute atomic E-state index is 15.0. The van der Waals surface area contributed by atoms with Crippen molar-refractivity contribution < 1.29 is 19.1 Å². The van der Waals surface area contributed by atoms with Gasteiger partial charge in [0.25, 0.3) is 5.91 Å². The van der Waals surface area contributed by atoms with Gasteiger partial charge in [0.1, 0.15) is 17.0 Å². The molecule has 3 aliphatic rings. The molecule has 0 aromatic heterocycles. The lowest BCUT2D eigenvalue weighted by molar-refractivity contribution is -0.172. The number of rotatable bonds is 8. The van der Waals surface area contributed by atoms with Crippen LogP contribution < -0.4 is 0 Å². The second kappa shape index (κ2) is 12.2. The topological polar surface area (TPSA) is 88.4 Å². The summed E-state index contributed by atoms with van der Waals surface area (Å²) in [5.41, 5.74) is 0.816. The highest BCUT2D eigenvalue weighted by Gasteiger charge is 2.80. The summed E-state index contributed by atoms with van der Waals surface area (Å²) in [6.45, 7) is 3.90. The predicted octanol–water partition coefficient (Wildman–Crippen LogP) is 8.03. The number of azo groups is 1. The highest BCUT2D eigenvalue weighted by Crippen LogP contribution is 2.65. The number of carbonyl (C=O) groups is 3. The number of β-lactam (4-membered cyclic amide) rings is 1. The number of thioether (sulfide) groups is 1. The van der Waals surface area contributed by atoms with Gasteiger partial charge in [0.05, 0.1) is 5.92 Å². The first kappa shape index (κ1) is 31.9. The molecule has 0 aliphatic carbocycles. The molecule has 7 nitrogen and oxygen atoms in total. The SMILES string of the molecule is CC1(C)S[C@H]2N(C(=O)[C@@]23N=NC(c2ccccc2)(c2ccccc2)[C@@H]3C(=O)c2ccccc2)[C@H]1C(=O)OC(c1ccccc1)c1ccccc1. The van der Waals surface area contributed by atoms with Crippen molar-refractivity contribution in [1.29, 1.82) is 0 Å². The van der Waals surface area contributed by atoms with Gasteiger partial charge in [-0.15, -0.1) is 11.8 Å². The van der Waals surface area contributed by atoms with Crippen molar-refractivity contribution in [3.05, 3.63) is 179 Å². The Bertz CT molecular complexity index is 2000. The molecular weight excluding hydrogens is 643 g/mol. The van der Waals surface area contributed by atoms with Crippen molar-refractivity contribution in [1.82, 2.24) is 4.90 Å². The molecule has 248 valence electrons. The maximum Gasteiger partial charge on any atom is 0.331 e. The summed E-state index contributed by atoms with van der Waals surface area (Å²) >= 11 is 1.48. The number of Topliss-reactive ketones (excluding diaryl/α,β-unsaturated/α-hetero) is 1. The molecule has 3 aliphatic heterocycles. The Kier molecular flexibility index (Phi) is 7.79. The summed E-state index contributed by atoms with van der Waals surface area (Å²) in [5.74, 6) is -2.15. The van der Waals surface area contributed by atoms with Gasteiger partial charge < -0.3 is 9.64 Å². The van der Waals surface area contributed by atoms with Crippen LogP contribution in [-0.4, -0.2) is 44.3 Å². The van der Waals surface area contributed by atoms with Crippen LogP contribution in [0.15, 0.2) is 162 Å². The summed E-state index contributed by atoms with van der Waals surface area (Å²) in [7, 11) is 0. The molecule has 0 radical (unpaired) electrons. The van der Waals surface area contributed by atoms with E-state index < -0.39 is 51.1 Å². The Hall–Kier alpha value is -5.34. The molecule has 1 amide bonds. The Morgan fingerprint density at radius 1 is 0.680 bits per heavy atom. The molecule has 0 N–H and O–H groups in total. The van der Waals surface area contributed by atoms with E-state index in [9.17, 15) is 14.4 Å². The van der Waals surface area contributed by atoms with Gasteiger partial charge in [-0.3, -0.25) is 9.59 Å². The van der Waals surface area contributed by atoms with Crippen molar-refractivity contribution in [3.8, 4) is 0 Å². The minimum absolute atomic E-state index is 0.228. The number of amides is 1. The van der Waals surface area contributed by atoms with E-state index in [4.69, 9.17) is 15.0 Å². The molecule has 2 fully saturated rings. The molecular formula is C42H35N3O4S. The van der Waals surface area contributed by atoms with Crippen molar-refractivity contribution in [2.45, 2.75) is 47.2 Å². The number of fused-ring (bicyclic) bond motifs is 2. The molecule has 5 aromatic carbocycles. The Labute approximate surface area is 295 Å². The Morgan fingerprint density at radius 2 is 1.14 bits per heavy atom. The predicted molar refractivity (Wildman–Crippen MR) is 192 cm³/mol. The third-order valence-electron chi connectivity index (χ3n) is 10.2. The second-order valence-corrected chi connectivity index (χ2v) is 15.2. The molecule has 0 bridgehead atoms. The number of ether oxygens (including phenoxy) is 1. The number of benzene rings is 5. The fourth-order valence-electron chi connectivity index (χ4n) is 7.93. The average Bonchev–Trinajstić information content (AvgIpc) is 3.68. The summed E-state index contributed by atoms with van der Waals surface area (Å²) in [6.07, 6.45) is -0.669. The first-order valence-corrected chi connectivity index (χ1v) is 17.6. The van der Waals surface area contributed by atoms with Gasteiger partial charge in [0.2, 0.25) is 5.54 Å². The summed E-state index contributed by atoms with van der Waals surface area (Å²) in [5, 5.41) is 9.25. The quantitative estimate of drug-likeness (QED) is 0.0943. The maximum atomic E-state index is 15.0. The van der Waals surface area contributed by atoms with Gasteiger partial charge in [-0.25, -0.2) is 4.79 Å². The van der Waals surface area contributed by atoms with E-state index in [2.05, 4.69) is 0 Å². The van der Waals surface area contributed by atoms with Crippen LogP contribution in [0.2, 0.25) is 0 Å². The number of hydrogen-bond donors (Lipinski definition) is 0. The fourth-order valence-corrected chi connectivity index (χ4v) is 9.63. The molecule has 0 unspecified atom stereocenters. The fraction of sp³-hybridized carbons (Fsp3) is 0.214. The molecule has 0 saturated carbocycles. The highest BCUT2D eigenvalue weighted by molar-refractivity contribution is 8.01. The summed E-state index contributed by atoms with van der Waals surface area (Å²) in [4.78, 5) is 46.0. The normalized spacial score (nSPS) is 24.2. The standard InChI is InChI=1S/C42H35N3O4S/c1-40(2)36(37(47)49-34(29-20-10-4-11-21-29)30-22-12-5-13-23-30)45-38(48)42(39(45)50-40)35(33(46)28-18-8-3-9-19-28)41(43-44-42,31-24-14-6-15-25-31)32-26-16-7-17-27-32/h3-27,34-36,39H,1-2H3/t35-,36-,39+,42+/m0/s1. The van der Waals surface area contributed by atoms with E-state index in [1.165, 1.54) is 11.8 Å². The third kappa shape index (κ3) is 4.76. The van der Waals surface area contributed by atoms with Crippen LogP contribution in [0.1, 0.15) is 52.6 Å². The van der Waals surface area contributed by atoms with Crippen LogP contribution in [0, 0.1) is 5.92 Å². The average molecular weight is 678 g/mol. The zero-order valence-electron chi connectivity index (χ0n) is 27.6. The molecule has 8 heteroatoms. The number of hydrogen-bond acceptors (Lipinski definition) is 7. The number of ketones is 1. The minimum atomic E-state index is -1.55. The van der Waals surface area contributed by atoms with E-state index in [0.717, 1.165) is 22.3 Å². The zero-order chi connectivity index (χ0) is 34.5. The molecule has 8 rings (SSSR count). The molecule has 1 spiro atoms. The van der Waals surface area contributed by atoms with Gasteiger partial charge in [-0.2, -0.15) is 10.2 Å². The van der Waals surface area contributed by atoms with E-state index >= 15 is 0 Å². The van der Waals surface area contributed by atoms with Gasteiger partial charge in [0.15, 0.2) is 11.9 Å². The monoisotopic (exact) mass is 677 g/mol. The van der Waals surface area contributed by atoms with Crippen molar-refractivity contribution in [2.75, 3.05) is 0 Å². The number of carbonyl (C=O) groups excluding carboxylic acids is 3. The van der Waals surface area contributed by atoms with Gasteiger partial charge >= 0.3 is 5.97 Å². The largest absolute Gasteiger partial charge is 0.451 e. The van der Waals surface area contributed by atoms with Crippen molar-refractivity contribution >= 4 is 29.4 Å². The molecule has 4 atom stereocenters. The van der Waals surface area contributed by atoms with E-state index in [1.807, 2.05) is 153 Å². The summed E-state index contributed by atoms with van der Waals surface area (Å²) < 4.78 is 5.59. The molecule has 50 heavy (non-hydrogen) atoms. The van der Waals surface area contributed by atoms with Crippen molar-refractivity contribution in [3.63, 3.8) is 0 Å². The van der Waals surface area contributed by atoms with Crippen LogP contribution >= 0.6 is 11.8 Å². The van der Waals surface area contributed by atoms with Gasteiger partial charge in [-0.1, -0.05) is 152 Å². The molecule has 5 aromatic rings. The molecule has 3 heterocycles. The zero-order valence-corrected chi connectivity index (χ0v) is 28.4. The molecule has 2 saturated heterocycles. The third-order valence-corrected chi connectivity index (χ3v) is 11.8. The summed E-state index contributed by atoms with van der Waals surface area (Å²) in [6, 6.07) is 46.6. The van der Waals surface area contributed by atoms with E-state index in [1.54, 1.807) is 17.0 Å². The first-order valence-electron chi connectivity index (χ1n) is 16.7. The Balaban J connectivity index is 1.22. The van der Waals surface area contributed by atoms with Crippen LogP contribution in [-0.2, 0) is 19.9 Å². The van der Waals surface area contributed by atoms with Crippen LogP contribution in [0.4, 0.5) is 0 Å². The Morgan fingerprint density at radius 3 is 1.64 bits per heavy atom. The smallest absolute Gasteiger partial charge is 0.331 e. The first-order chi connectivity index (χ1) is 24.3. The van der Waals surface area contributed by atoms with Gasteiger partial charge in [-0.05, 0) is 36.1 Å². The number of nitrogens with zero attached hydrogens (tertiary/aromatic N) is 3. The van der Waals surface area contributed by atoms with Crippen molar-refractivity contribution in [2.24, 2.45) is 16.1 Å². The van der Waals surface area contributed by atoms with E-state index in [0.29, 0.717) is 5.56 Å². The highest BCUT2D eigenvalue weighted by atomic mass is 32.2. The van der Waals surface area contributed by atoms with Crippen LogP contribution in [0.3, 0.4) is 0 Å². The number of esters is 1. The lowest BCUT2D eigenvalue weighted by atomic mass is 9.61. The lowest BCUT2D eigenvalue weighted by Gasteiger charge is -2.52.